The number of carbonyl (C=O) groups excluding carboxylic acids is 1. The Morgan fingerprint density at radius 2 is 1.67 bits per heavy atom. The quantitative estimate of drug-likeness (QED) is 0.437. The predicted octanol–water partition coefficient (Wildman–Crippen LogP) is 6.24. The number of nitrogens with two attached hydrogens (primary N) is 1. The van der Waals surface area contributed by atoms with E-state index >= 15 is 0 Å². The van der Waals surface area contributed by atoms with Gasteiger partial charge in [0.25, 0.3) is 0 Å². The zero-order valence-electron chi connectivity index (χ0n) is 20.7. The average Bonchev–Trinajstić information content (AvgIpc) is 2.92. The van der Waals surface area contributed by atoms with Crippen LogP contribution in [0.2, 0.25) is 0 Å². The normalized spacial score (nSPS) is 24.4. The van der Waals surface area contributed by atoms with Gasteiger partial charge in [0.05, 0.1) is 5.69 Å². The fourth-order valence-corrected chi connectivity index (χ4v) is 6.95. The Kier molecular flexibility index (Phi) is 6.08. The van der Waals surface area contributed by atoms with Crippen LogP contribution in [0.5, 0.6) is 5.75 Å². The van der Waals surface area contributed by atoms with Gasteiger partial charge in [0, 0.05) is 18.0 Å². The third kappa shape index (κ3) is 4.11. The van der Waals surface area contributed by atoms with Crippen LogP contribution >= 0.6 is 0 Å². The van der Waals surface area contributed by atoms with Gasteiger partial charge in [-0.25, -0.2) is 4.79 Å². The molecule has 3 aromatic rings. The van der Waals surface area contributed by atoms with Gasteiger partial charge in [-0.3, -0.25) is 0 Å². The Bertz CT molecular complexity index is 1230. The summed E-state index contributed by atoms with van der Waals surface area (Å²) in [4.78, 5) is 15.3. The fourth-order valence-electron chi connectivity index (χ4n) is 6.95. The van der Waals surface area contributed by atoms with Crippen LogP contribution in [0.15, 0.2) is 72.8 Å². The maximum absolute atomic E-state index is 13.3. The Balaban J connectivity index is 1.26. The topological polar surface area (TPSA) is 64.8 Å². The molecule has 1 saturated carbocycles. The van der Waals surface area contributed by atoms with Crippen LogP contribution in [0.25, 0.3) is 0 Å². The molecule has 2 bridgehead atoms. The number of fused-ring (bicyclic) bond motifs is 1. The van der Waals surface area contributed by atoms with E-state index in [0.717, 1.165) is 49.1 Å². The fraction of sp³-hybridized carbons (Fsp3) is 0.387. The molecule has 36 heavy (non-hydrogen) atoms. The summed E-state index contributed by atoms with van der Waals surface area (Å²) in [5.74, 6) is 1.22. The van der Waals surface area contributed by atoms with Gasteiger partial charge >= 0.3 is 6.09 Å². The predicted molar refractivity (Wildman–Crippen MR) is 141 cm³/mol. The zero-order valence-corrected chi connectivity index (χ0v) is 20.7. The van der Waals surface area contributed by atoms with Crippen molar-refractivity contribution in [1.82, 2.24) is 4.90 Å². The first-order chi connectivity index (χ1) is 17.6. The number of amides is 1. The first kappa shape index (κ1) is 23.0. The number of nitrogens with zero attached hydrogens (tertiary/aromatic N) is 1. The highest BCUT2D eigenvalue weighted by molar-refractivity contribution is 5.69. The first-order valence-corrected chi connectivity index (χ1v) is 13.2. The molecule has 1 heterocycles. The van der Waals surface area contributed by atoms with E-state index in [1.54, 1.807) is 0 Å². The smallest absolute Gasteiger partial charge is 0.410 e. The number of hydrogen-bond acceptors (Lipinski definition) is 4. The van der Waals surface area contributed by atoms with E-state index in [-0.39, 0.29) is 17.6 Å². The van der Waals surface area contributed by atoms with Crippen molar-refractivity contribution < 1.29 is 14.3 Å². The van der Waals surface area contributed by atoms with Crippen LogP contribution in [0, 0.1) is 5.92 Å². The summed E-state index contributed by atoms with van der Waals surface area (Å²) in [6.07, 6.45) is 6.35. The number of ether oxygens (including phenoxy) is 2. The second-order valence-electron chi connectivity index (χ2n) is 10.6. The van der Waals surface area contributed by atoms with E-state index < -0.39 is 0 Å². The molecule has 0 aromatic heterocycles. The Morgan fingerprint density at radius 3 is 2.42 bits per heavy atom. The molecule has 2 aliphatic carbocycles. The summed E-state index contributed by atoms with van der Waals surface area (Å²) in [5.41, 5.74) is 12.1. The number of nitrogen functional groups attached to an aromatic ring is 1. The lowest BCUT2D eigenvalue weighted by molar-refractivity contribution is -0.0137. The molecule has 1 aliphatic heterocycles. The maximum atomic E-state index is 13.3. The van der Waals surface area contributed by atoms with Gasteiger partial charge in [-0.1, -0.05) is 73.5 Å². The van der Waals surface area contributed by atoms with Crippen LogP contribution in [0.3, 0.4) is 0 Å². The number of piperidine rings is 1. The van der Waals surface area contributed by atoms with Gasteiger partial charge in [-0.15, -0.1) is 0 Å². The van der Waals surface area contributed by atoms with Gasteiger partial charge < -0.3 is 20.1 Å². The van der Waals surface area contributed by atoms with Crippen molar-refractivity contribution >= 4 is 11.8 Å². The molecule has 3 aromatic carbocycles. The minimum atomic E-state index is -0.192. The highest BCUT2D eigenvalue weighted by Crippen LogP contribution is 2.56. The van der Waals surface area contributed by atoms with E-state index in [0.29, 0.717) is 24.8 Å². The minimum absolute atomic E-state index is 0.0886. The van der Waals surface area contributed by atoms with E-state index in [1.807, 2.05) is 53.4 Å². The molecule has 2 fully saturated rings. The van der Waals surface area contributed by atoms with Crippen LogP contribution in [-0.2, 0) is 29.8 Å². The lowest BCUT2D eigenvalue weighted by Gasteiger charge is -2.58. The highest BCUT2D eigenvalue weighted by atomic mass is 16.6. The second-order valence-corrected chi connectivity index (χ2v) is 10.6. The minimum Gasteiger partial charge on any atom is -0.487 e. The van der Waals surface area contributed by atoms with Crippen molar-refractivity contribution in [2.75, 3.05) is 12.3 Å². The number of rotatable bonds is 5. The number of carbonyl (C=O) groups is 1. The summed E-state index contributed by atoms with van der Waals surface area (Å²) < 4.78 is 12.0. The molecule has 1 amide bonds. The molecule has 3 aliphatic rings. The van der Waals surface area contributed by atoms with Crippen molar-refractivity contribution in [2.45, 2.75) is 63.2 Å². The SMILES string of the molecule is Nc1cc2c(cc1OCc1ccccc1)[C@]13CCCC[C@@H]1[C@H](C2)N(C(=O)OCc1ccccc1)CC3. The second kappa shape index (κ2) is 9.53. The lowest BCUT2D eigenvalue weighted by atomic mass is 9.52. The van der Waals surface area contributed by atoms with E-state index in [2.05, 4.69) is 24.3 Å². The van der Waals surface area contributed by atoms with Gasteiger partial charge in [-0.05, 0) is 66.0 Å². The molecule has 0 radical (unpaired) electrons. The van der Waals surface area contributed by atoms with E-state index in [4.69, 9.17) is 15.2 Å². The van der Waals surface area contributed by atoms with Crippen molar-refractivity contribution in [3.63, 3.8) is 0 Å². The molecule has 3 atom stereocenters. The number of anilines is 1. The third-order valence-electron chi connectivity index (χ3n) is 8.64. The highest BCUT2D eigenvalue weighted by Gasteiger charge is 2.55. The van der Waals surface area contributed by atoms with Gasteiger partial charge in [0.2, 0.25) is 0 Å². The van der Waals surface area contributed by atoms with Gasteiger partial charge in [0.1, 0.15) is 19.0 Å². The maximum Gasteiger partial charge on any atom is 0.410 e. The standard InChI is InChI=1S/C31H34N2O3/c32-27-17-24-18-28-25-13-7-8-14-31(25,26(24)19-29(27)35-20-22-9-3-1-4-10-22)15-16-33(28)30(34)36-21-23-11-5-2-6-12-23/h1-6,9-12,17,19,25,28H,7-8,13-16,18,20-21,32H2/t25-,28+,31+/m1/s1. The largest absolute Gasteiger partial charge is 0.487 e. The van der Waals surface area contributed by atoms with Crippen LogP contribution in [0.1, 0.15) is 54.4 Å². The summed E-state index contributed by atoms with van der Waals surface area (Å²) in [6, 6.07) is 24.6. The molecule has 6 rings (SSSR count). The summed E-state index contributed by atoms with van der Waals surface area (Å²) >= 11 is 0. The molecule has 186 valence electrons. The van der Waals surface area contributed by atoms with Gasteiger partial charge in [-0.2, -0.15) is 0 Å². The van der Waals surface area contributed by atoms with Crippen LogP contribution in [-0.4, -0.2) is 23.6 Å². The van der Waals surface area contributed by atoms with Crippen molar-refractivity contribution in [3.05, 3.63) is 95.1 Å². The van der Waals surface area contributed by atoms with Crippen molar-refractivity contribution in [1.29, 1.82) is 0 Å². The van der Waals surface area contributed by atoms with Crippen molar-refractivity contribution in [3.8, 4) is 5.75 Å². The number of benzene rings is 3. The van der Waals surface area contributed by atoms with Crippen LogP contribution < -0.4 is 10.5 Å². The molecule has 2 N–H and O–H groups in total. The summed E-state index contributed by atoms with van der Waals surface area (Å²) in [7, 11) is 0. The molecular weight excluding hydrogens is 448 g/mol. The van der Waals surface area contributed by atoms with Crippen LogP contribution in [0.4, 0.5) is 10.5 Å². The third-order valence-corrected chi connectivity index (χ3v) is 8.64. The Labute approximate surface area is 213 Å². The Hall–Kier alpha value is -3.47. The summed E-state index contributed by atoms with van der Waals surface area (Å²) in [5, 5.41) is 0. The molecule has 5 heteroatoms. The molecule has 0 spiro atoms. The average molecular weight is 483 g/mol. The zero-order chi connectivity index (χ0) is 24.5. The Morgan fingerprint density at radius 1 is 0.944 bits per heavy atom. The number of likely N-dealkylation sites (tertiary alicyclic amines) is 1. The van der Waals surface area contributed by atoms with E-state index in [1.165, 1.54) is 24.0 Å². The lowest BCUT2D eigenvalue weighted by Crippen LogP contribution is -2.62. The molecule has 5 nitrogen and oxygen atoms in total. The first-order valence-electron chi connectivity index (χ1n) is 13.2. The number of hydrogen-bond donors (Lipinski definition) is 1. The van der Waals surface area contributed by atoms with Gasteiger partial charge in [0.15, 0.2) is 0 Å². The monoisotopic (exact) mass is 482 g/mol. The molecular formula is C31H34N2O3. The van der Waals surface area contributed by atoms with Crippen molar-refractivity contribution in [2.24, 2.45) is 5.92 Å². The molecule has 0 unspecified atom stereocenters. The molecule has 1 saturated heterocycles. The summed E-state index contributed by atoms with van der Waals surface area (Å²) in [6.45, 7) is 1.55. The van der Waals surface area contributed by atoms with E-state index in [9.17, 15) is 4.79 Å².